The summed E-state index contributed by atoms with van der Waals surface area (Å²) < 4.78 is 1.22. The Morgan fingerprint density at radius 1 is 1.48 bits per heavy atom. The van der Waals surface area contributed by atoms with Crippen LogP contribution in [0.2, 0.25) is 0 Å². The topological polar surface area (TPSA) is 104 Å². The Labute approximate surface area is 122 Å². The van der Waals surface area contributed by atoms with Crippen LogP contribution >= 0.6 is 0 Å². The number of carbonyl (C=O) groups excluding carboxylic acids is 1. The molecule has 1 atom stereocenters. The molecule has 0 saturated carbocycles. The number of aliphatic carboxylic acids is 1. The zero-order chi connectivity index (χ0) is 15.4. The van der Waals surface area contributed by atoms with Crippen molar-refractivity contribution < 1.29 is 14.7 Å². The number of hydrogen-bond acceptors (Lipinski definition) is 5. The van der Waals surface area contributed by atoms with Crippen molar-refractivity contribution in [1.82, 2.24) is 30.1 Å². The second-order valence-electron chi connectivity index (χ2n) is 5.26. The molecule has 2 heterocycles. The Kier molecular flexibility index (Phi) is 4.73. The summed E-state index contributed by atoms with van der Waals surface area (Å²) in [6, 6.07) is 0.0230. The molecule has 0 spiro atoms. The molecular weight excluding hydrogens is 276 g/mol. The van der Waals surface area contributed by atoms with Gasteiger partial charge in [0.15, 0.2) is 0 Å². The lowest BCUT2D eigenvalue weighted by molar-refractivity contribution is -0.137. The number of nitrogens with one attached hydrogen (secondary N) is 1. The highest BCUT2D eigenvalue weighted by atomic mass is 16.4. The van der Waals surface area contributed by atoms with E-state index in [1.165, 1.54) is 10.9 Å². The number of hydrogen-bond donors (Lipinski definition) is 2. The molecule has 2 amide bonds. The summed E-state index contributed by atoms with van der Waals surface area (Å²) in [5.74, 6) is -0.984. The van der Waals surface area contributed by atoms with Gasteiger partial charge in [0.1, 0.15) is 12.2 Å². The number of urea groups is 1. The summed E-state index contributed by atoms with van der Waals surface area (Å²) in [4.78, 5) is 26.6. The summed E-state index contributed by atoms with van der Waals surface area (Å²) in [6.45, 7) is 4.40. The van der Waals surface area contributed by atoms with Gasteiger partial charge in [-0.3, -0.25) is 4.79 Å². The molecule has 1 aliphatic rings. The predicted octanol–water partition coefficient (Wildman–Crippen LogP) is -0.792. The third kappa shape index (κ3) is 4.15. The number of piperazine rings is 1. The SMILES string of the molecule is CC1CN(C)CCN1C(=O)NCc1cn(CC(=O)O)nn1. The standard InChI is InChI=1S/C12H20N6O3/c1-9-6-16(2)3-4-18(9)12(21)13-5-10-7-17(15-14-10)8-11(19)20/h7,9H,3-6,8H2,1-2H3,(H,13,21)(H,19,20). The van der Waals surface area contributed by atoms with Crippen LogP contribution in [-0.4, -0.2) is 74.6 Å². The van der Waals surface area contributed by atoms with Gasteiger partial charge >= 0.3 is 12.0 Å². The van der Waals surface area contributed by atoms with Gasteiger partial charge in [-0.05, 0) is 14.0 Å². The first-order chi connectivity index (χ1) is 9.95. The maximum Gasteiger partial charge on any atom is 0.325 e. The van der Waals surface area contributed by atoms with Gasteiger partial charge in [0.25, 0.3) is 0 Å². The molecule has 9 nitrogen and oxygen atoms in total. The van der Waals surface area contributed by atoms with Crippen LogP contribution in [0.5, 0.6) is 0 Å². The Bertz CT molecular complexity index is 517. The molecule has 2 N–H and O–H groups in total. The van der Waals surface area contributed by atoms with Gasteiger partial charge in [-0.1, -0.05) is 5.21 Å². The first-order valence-corrected chi connectivity index (χ1v) is 6.79. The van der Waals surface area contributed by atoms with E-state index in [0.29, 0.717) is 12.2 Å². The fraction of sp³-hybridized carbons (Fsp3) is 0.667. The van der Waals surface area contributed by atoms with Gasteiger partial charge in [-0.25, -0.2) is 9.48 Å². The van der Waals surface area contributed by atoms with Crippen molar-refractivity contribution in [2.75, 3.05) is 26.7 Å². The van der Waals surface area contributed by atoms with Gasteiger partial charge in [0.05, 0.1) is 12.7 Å². The molecule has 0 bridgehead atoms. The van der Waals surface area contributed by atoms with Crippen molar-refractivity contribution >= 4 is 12.0 Å². The average Bonchev–Trinajstić information content (AvgIpc) is 2.82. The molecule has 1 unspecified atom stereocenters. The Morgan fingerprint density at radius 2 is 2.24 bits per heavy atom. The van der Waals surface area contributed by atoms with Crippen LogP contribution in [0.15, 0.2) is 6.20 Å². The van der Waals surface area contributed by atoms with E-state index in [2.05, 4.69) is 20.5 Å². The molecule has 1 aliphatic heterocycles. The molecule has 21 heavy (non-hydrogen) atoms. The van der Waals surface area contributed by atoms with Crippen molar-refractivity contribution in [2.24, 2.45) is 0 Å². The highest BCUT2D eigenvalue weighted by molar-refractivity contribution is 5.74. The van der Waals surface area contributed by atoms with Crippen molar-refractivity contribution in [1.29, 1.82) is 0 Å². The van der Waals surface area contributed by atoms with Gasteiger partial charge in [0.2, 0.25) is 0 Å². The summed E-state index contributed by atoms with van der Waals surface area (Å²) in [6.07, 6.45) is 1.52. The van der Waals surface area contributed by atoms with Crippen molar-refractivity contribution in [2.45, 2.75) is 26.1 Å². The first-order valence-electron chi connectivity index (χ1n) is 6.79. The molecule has 1 saturated heterocycles. The average molecular weight is 296 g/mol. The molecular formula is C12H20N6O3. The smallest absolute Gasteiger partial charge is 0.325 e. The minimum Gasteiger partial charge on any atom is -0.480 e. The van der Waals surface area contributed by atoms with Crippen molar-refractivity contribution in [3.8, 4) is 0 Å². The van der Waals surface area contributed by atoms with Crippen molar-refractivity contribution in [3.05, 3.63) is 11.9 Å². The summed E-state index contributed by atoms with van der Waals surface area (Å²) >= 11 is 0. The number of carbonyl (C=O) groups is 2. The third-order valence-corrected chi connectivity index (χ3v) is 3.40. The third-order valence-electron chi connectivity index (χ3n) is 3.40. The van der Waals surface area contributed by atoms with E-state index >= 15 is 0 Å². The Hall–Kier alpha value is -2.16. The lowest BCUT2D eigenvalue weighted by Gasteiger charge is -2.38. The predicted molar refractivity (Wildman–Crippen MR) is 73.6 cm³/mol. The molecule has 0 aliphatic carbocycles. The molecule has 2 rings (SSSR count). The van der Waals surface area contributed by atoms with E-state index in [0.717, 1.165) is 13.1 Å². The minimum absolute atomic E-state index is 0.136. The van der Waals surface area contributed by atoms with E-state index in [9.17, 15) is 9.59 Å². The molecule has 1 aromatic heterocycles. The number of amides is 2. The summed E-state index contributed by atoms with van der Waals surface area (Å²) in [5, 5.41) is 18.9. The van der Waals surface area contributed by atoms with Crippen LogP contribution in [0, 0.1) is 0 Å². The van der Waals surface area contributed by atoms with Crippen LogP contribution < -0.4 is 5.32 Å². The van der Waals surface area contributed by atoms with Crippen molar-refractivity contribution in [3.63, 3.8) is 0 Å². The van der Waals surface area contributed by atoms with Gasteiger partial charge in [-0.15, -0.1) is 5.10 Å². The first kappa shape index (κ1) is 15.2. The Balaban J connectivity index is 1.83. The number of carboxylic acid groups (broad SMARTS) is 1. The lowest BCUT2D eigenvalue weighted by Crippen LogP contribution is -2.55. The van der Waals surface area contributed by atoms with E-state index < -0.39 is 5.97 Å². The maximum atomic E-state index is 12.1. The largest absolute Gasteiger partial charge is 0.480 e. The number of carboxylic acids is 1. The quantitative estimate of drug-likeness (QED) is 0.754. The molecule has 0 radical (unpaired) electrons. The van der Waals surface area contributed by atoms with Gasteiger partial charge in [0, 0.05) is 25.7 Å². The Morgan fingerprint density at radius 3 is 2.90 bits per heavy atom. The zero-order valence-electron chi connectivity index (χ0n) is 12.2. The highest BCUT2D eigenvalue weighted by Crippen LogP contribution is 2.08. The summed E-state index contributed by atoms with van der Waals surface area (Å²) in [5.41, 5.74) is 0.534. The molecule has 1 fully saturated rings. The van der Waals surface area contributed by atoms with Crippen LogP contribution in [-0.2, 0) is 17.9 Å². The van der Waals surface area contributed by atoms with Crippen LogP contribution in [0.3, 0.4) is 0 Å². The van der Waals surface area contributed by atoms with Gasteiger partial charge in [-0.2, -0.15) is 0 Å². The summed E-state index contributed by atoms with van der Waals surface area (Å²) in [7, 11) is 2.03. The zero-order valence-corrected chi connectivity index (χ0v) is 12.2. The van der Waals surface area contributed by atoms with E-state index in [4.69, 9.17) is 5.11 Å². The molecule has 116 valence electrons. The number of nitrogens with zero attached hydrogens (tertiary/aromatic N) is 5. The number of likely N-dealkylation sites (N-methyl/N-ethyl adjacent to an activating group) is 1. The lowest BCUT2D eigenvalue weighted by atomic mass is 10.2. The molecule has 9 heteroatoms. The van der Waals surface area contributed by atoms with Crippen LogP contribution in [0.1, 0.15) is 12.6 Å². The van der Waals surface area contributed by atoms with Crippen LogP contribution in [0.25, 0.3) is 0 Å². The fourth-order valence-electron chi connectivity index (χ4n) is 2.34. The highest BCUT2D eigenvalue weighted by Gasteiger charge is 2.25. The van der Waals surface area contributed by atoms with E-state index in [1.54, 1.807) is 4.90 Å². The fourth-order valence-corrected chi connectivity index (χ4v) is 2.34. The number of rotatable bonds is 4. The molecule has 1 aromatic rings. The minimum atomic E-state index is -0.984. The normalized spacial score (nSPS) is 19.5. The molecule has 0 aromatic carbocycles. The second kappa shape index (κ2) is 6.53. The van der Waals surface area contributed by atoms with Crippen LogP contribution in [0.4, 0.5) is 4.79 Å². The number of aromatic nitrogens is 3. The van der Waals surface area contributed by atoms with E-state index in [1.807, 2.05) is 14.0 Å². The maximum absolute atomic E-state index is 12.1. The second-order valence-corrected chi connectivity index (χ2v) is 5.26. The monoisotopic (exact) mass is 296 g/mol. The van der Waals surface area contributed by atoms with Gasteiger partial charge < -0.3 is 20.2 Å². The van der Waals surface area contributed by atoms with E-state index in [-0.39, 0.29) is 25.2 Å².